The maximum absolute atomic E-state index is 14.2. The number of rotatable bonds is 6. The number of hydrogen-bond donors (Lipinski definition) is 2. The summed E-state index contributed by atoms with van der Waals surface area (Å²) in [5, 5.41) is 4.51. The number of nitrogens with zero attached hydrogens (tertiary/aromatic N) is 2. The molecule has 2 aliphatic heterocycles. The normalized spacial score (nSPS) is 18.6. The van der Waals surface area contributed by atoms with Gasteiger partial charge in [0.05, 0.1) is 11.3 Å². The van der Waals surface area contributed by atoms with Crippen molar-refractivity contribution in [3.05, 3.63) is 100 Å². The van der Waals surface area contributed by atoms with E-state index >= 15 is 0 Å². The summed E-state index contributed by atoms with van der Waals surface area (Å²) < 4.78 is 0. The molecule has 0 aliphatic carbocycles. The molecule has 6 rings (SSSR count). The number of benzene rings is 3. The number of amides is 4. The lowest BCUT2D eigenvalue weighted by molar-refractivity contribution is -0.120. The Morgan fingerprint density at radius 1 is 1.05 bits per heavy atom. The average Bonchev–Trinajstić information content (AvgIpc) is 3.41. The Hall–Kier alpha value is -4.10. The van der Waals surface area contributed by atoms with Crippen LogP contribution in [0.2, 0.25) is 5.02 Å². The first-order valence-electron chi connectivity index (χ1n) is 13.2. The first-order valence-corrected chi connectivity index (χ1v) is 13.6. The molecule has 2 atom stereocenters. The van der Waals surface area contributed by atoms with Crippen LogP contribution in [0.15, 0.2) is 72.8 Å². The first kappa shape index (κ1) is 25.2. The van der Waals surface area contributed by atoms with Crippen LogP contribution < -0.4 is 10.2 Å². The number of fused-ring (bicyclic) bond motifs is 4. The lowest BCUT2D eigenvalue weighted by Crippen LogP contribution is -2.44. The largest absolute Gasteiger partial charge is 0.356 e. The molecule has 0 radical (unpaired) electrons. The van der Waals surface area contributed by atoms with Crippen molar-refractivity contribution in [1.29, 1.82) is 0 Å². The van der Waals surface area contributed by atoms with Gasteiger partial charge in [0.1, 0.15) is 12.1 Å². The van der Waals surface area contributed by atoms with E-state index in [-0.39, 0.29) is 11.8 Å². The van der Waals surface area contributed by atoms with Gasteiger partial charge in [0.25, 0.3) is 11.8 Å². The zero-order valence-corrected chi connectivity index (χ0v) is 22.5. The van der Waals surface area contributed by atoms with Crippen LogP contribution in [0.1, 0.15) is 53.5 Å². The molecule has 3 heterocycles. The van der Waals surface area contributed by atoms with Gasteiger partial charge in [-0.2, -0.15) is 0 Å². The number of hydrogen-bond acceptors (Lipinski definition) is 3. The molecule has 1 aromatic heterocycles. The number of aromatic amines is 1. The van der Waals surface area contributed by atoms with Gasteiger partial charge in [-0.05, 0) is 53.8 Å². The van der Waals surface area contributed by atoms with E-state index < -0.39 is 18.1 Å². The highest BCUT2D eigenvalue weighted by Gasteiger charge is 2.53. The molecule has 2 aliphatic rings. The van der Waals surface area contributed by atoms with Gasteiger partial charge in [-0.25, -0.2) is 9.69 Å². The monoisotopic (exact) mass is 540 g/mol. The summed E-state index contributed by atoms with van der Waals surface area (Å²) in [6.45, 7) is 4.69. The fourth-order valence-corrected chi connectivity index (χ4v) is 5.95. The third-order valence-electron chi connectivity index (χ3n) is 7.61. The van der Waals surface area contributed by atoms with Crippen molar-refractivity contribution < 1.29 is 14.4 Å². The zero-order chi connectivity index (χ0) is 27.3. The minimum Gasteiger partial charge on any atom is -0.356 e. The van der Waals surface area contributed by atoms with Gasteiger partial charge in [0, 0.05) is 34.6 Å². The Labute approximate surface area is 231 Å². The Morgan fingerprint density at radius 2 is 1.82 bits per heavy atom. The van der Waals surface area contributed by atoms with Crippen LogP contribution in [0.4, 0.5) is 10.5 Å². The van der Waals surface area contributed by atoms with E-state index in [1.165, 1.54) is 4.90 Å². The molecule has 3 aromatic carbocycles. The molecular formula is C31H29ClN4O3. The molecule has 0 unspecified atom stereocenters. The summed E-state index contributed by atoms with van der Waals surface area (Å²) in [7, 11) is 0. The quantitative estimate of drug-likeness (QED) is 0.291. The molecule has 0 saturated carbocycles. The summed E-state index contributed by atoms with van der Waals surface area (Å²) in [5.74, 6) is -0.209. The van der Waals surface area contributed by atoms with Gasteiger partial charge in [-0.3, -0.25) is 14.5 Å². The number of urea groups is 1. The molecule has 198 valence electrons. The lowest BCUT2D eigenvalue weighted by Gasteiger charge is -2.36. The number of carbonyl (C=O) groups is 3. The minimum absolute atomic E-state index is 0.294. The predicted molar refractivity (Wildman–Crippen MR) is 152 cm³/mol. The number of halogens is 1. The van der Waals surface area contributed by atoms with E-state index in [1.807, 2.05) is 42.5 Å². The Balaban J connectivity index is 1.44. The topological polar surface area (TPSA) is 85.5 Å². The first-order chi connectivity index (χ1) is 18.8. The number of anilines is 1. The SMILES string of the molecule is CC(C)CCNC(=O)c1ccccc1N1C(=O)[C@@H]2Cc3c([nH]c4ccccc34)[C@H](c3cccc(Cl)c3)N2C1=O. The van der Waals surface area contributed by atoms with Crippen LogP contribution in [0, 0.1) is 5.92 Å². The van der Waals surface area contributed by atoms with Crippen molar-refractivity contribution in [2.45, 2.75) is 38.8 Å². The zero-order valence-electron chi connectivity index (χ0n) is 21.8. The van der Waals surface area contributed by atoms with Crippen molar-refractivity contribution in [1.82, 2.24) is 15.2 Å². The van der Waals surface area contributed by atoms with Crippen molar-refractivity contribution in [3.8, 4) is 0 Å². The molecule has 0 spiro atoms. The lowest BCUT2D eigenvalue weighted by atomic mass is 9.89. The van der Waals surface area contributed by atoms with Crippen molar-refractivity contribution in [2.24, 2.45) is 5.92 Å². The van der Waals surface area contributed by atoms with Crippen LogP contribution in [0.25, 0.3) is 10.9 Å². The van der Waals surface area contributed by atoms with E-state index in [0.29, 0.717) is 35.2 Å². The number of imide groups is 1. The van der Waals surface area contributed by atoms with E-state index in [0.717, 1.165) is 34.1 Å². The van der Waals surface area contributed by atoms with E-state index in [9.17, 15) is 14.4 Å². The number of aromatic nitrogens is 1. The van der Waals surface area contributed by atoms with Gasteiger partial charge in [-0.1, -0.05) is 67.9 Å². The van der Waals surface area contributed by atoms with Crippen LogP contribution in [0.3, 0.4) is 0 Å². The maximum Gasteiger partial charge on any atom is 0.332 e. The van der Waals surface area contributed by atoms with E-state index in [2.05, 4.69) is 24.1 Å². The Bertz CT molecular complexity index is 1610. The summed E-state index contributed by atoms with van der Waals surface area (Å²) in [6, 6.07) is 20.4. The molecular weight excluding hydrogens is 512 g/mol. The standard InChI is InChI=1S/C31H29ClN4O3/c1-18(2)14-15-33-29(37)22-11-4-6-13-25(22)36-30(38)26-17-23-21-10-3-5-12-24(21)34-27(23)28(35(26)31(36)39)19-8-7-9-20(32)16-19/h3-13,16,18,26,28,34H,14-15,17H2,1-2H3,(H,33,37)/t26-,28-/m0/s1. The smallest absolute Gasteiger partial charge is 0.332 e. The molecule has 7 nitrogen and oxygen atoms in total. The van der Waals surface area contributed by atoms with Crippen molar-refractivity contribution >= 4 is 46.0 Å². The van der Waals surface area contributed by atoms with E-state index in [1.54, 1.807) is 35.2 Å². The van der Waals surface area contributed by atoms with Crippen LogP contribution in [0.5, 0.6) is 0 Å². The fraction of sp³-hybridized carbons (Fsp3) is 0.258. The van der Waals surface area contributed by atoms with E-state index in [4.69, 9.17) is 11.6 Å². The van der Waals surface area contributed by atoms with Gasteiger partial charge in [0.15, 0.2) is 0 Å². The van der Waals surface area contributed by atoms with Crippen LogP contribution in [-0.2, 0) is 11.2 Å². The van der Waals surface area contributed by atoms with Crippen LogP contribution in [-0.4, -0.2) is 40.3 Å². The second kappa shape index (κ2) is 9.89. The average molecular weight is 541 g/mol. The highest BCUT2D eigenvalue weighted by Crippen LogP contribution is 2.45. The minimum atomic E-state index is -0.717. The second-order valence-corrected chi connectivity index (χ2v) is 11.0. The van der Waals surface area contributed by atoms with Gasteiger partial charge in [0.2, 0.25) is 0 Å². The molecule has 4 aromatic rings. The van der Waals surface area contributed by atoms with Gasteiger partial charge in [-0.15, -0.1) is 0 Å². The van der Waals surface area contributed by atoms with Crippen molar-refractivity contribution in [2.75, 3.05) is 11.4 Å². The summed E-state index contributed by atoms with van der Waals surface area (Å²) >= 11 is 6.38. The highest BCUT2D eigenvalue weighted by molar-refractivity contribution is 6.30. The van der Waals surface area contributed by atoms with Crippen molar-refractivity contribution in [3.63, 3.8) is 0 Å². The molecule has 1 fully saturated rings. The third kappa shape index (κ3) is 4.27. The number of nitrogens with one attached hydrogen (secondary N) is 2. The molecule has 8 heteroatoms. The van der Waals surface area contributed by atoms with Gasteiger partial charge >= 0.3 is 6.03 Å². The molecule has 4 amide bonds. The molecule has 2 N–H and O–H groups in total. The van der Waals surface area contributed by atoms with Crippen LogP contribution >= 0.6 is 11.6 Å². The van der Waals surface area contributed by atoms with Gasteiger partial charge < -0.3 is 10.3 Å². The molecule has 1 saturated heterocycles. The Morgan fingerprint density at radius 3 is 2.62 bits per heavy atom. The summed E-state index contributed by atoms with van der Waals surface area (Å²) in [4.78, 5) is 47.7. The number of H-pyrrole nitrogens is 1. The second-order valence-electron chi connectivity index (χ2n) is 10.6. The Kier molecular flexibility index (Phi) is 6.39. The summed E-state index contributed by atoms with van der Waals surface area (Å²) in [6.07, 6.45) is 1.21. The highest BCUT2D eigenvalue weighted by atomic mass is 35.5. The third-order valence-corrected chi connectivity index (χ3v) is 7.85. The predicted octanol–water partition coefficient (Wildman–Crippen LogP) is 6.08. The summed E-state index contributed by atoms with van der Waals surface area (Å²) in [5.41, 5.74) is 4.24. The fourth-order valence-electron chi connectivity index (χ4n) is 5.75. The molecule has 39 heavy (non-hydrogen) atoms. The maximum atomic E-state index is 14.2. The number of carbonyl (C=O) groups excluding carboxylic acids is 3. The molecule has 0 bridgehead atoms. The number of para-hydroxylation sites is 2.